The largest absolute Gasteiger partial charge is 0.459 e. The van der Waals surface area contributed by atoms with Crippen LogP contribution in [-0.2, 0) is 4.74 Å². The number of ether oxygens (including phenoxy) is 1. The van der Waals surface area contributed by atoms with Crippen molar-refractivity contribution in [3.05, 3.63) is 112 Å². The number of hydrogen-bond acceptors (Lipinski definition) is 5. The first-order chi connectivity index (χ1) is 15.4. The van der Waals surface area contributed by atoms with E-state index >= 15 is 0 Å². The van der Waals surface area contributed by atoms with Crippen LogP contribution in [0.4, 0.5) is 10.1 Å². The Labute approximate surface area is 182 Å². The van der Waals surface area contributed by atoms with Crippen LogP contribution in [-0.4, -0.2) is 33.3 Å². The lowest BCUT2D eigenvalue weighted by Crippen LogP contribution is -2.30. The van der Waals surface area contributed by atoms with Crippen LogP contribution in [0.25, 0.3) is 10.9 Å². The van der Waals surface area contributed by atoms with E-state index in [-0.39, 0.29) is 17.9 Å². The van der Waals surface area contributed by atoms with Crippen molar-refractivity contribution >= 4 is 22.6 Å². The van der Waals surface area contributed by atoms with Crippen LogP contribution in [0.1, 0.15) is 22.0 Å². The van der Waals surface area contributed by atoms with Crippen molar-refractivity contribution in [1.29, 1.82) is 0 Å². The number of esters is 1. The average molecular weight is 434 g/mol. The van der Waals surface area contributed by atoms with Crippen molar-refractivity contribution in [3.63, 3.8) is 0 Å². The molecule has 4 rings (SSSR count). The molecule has 0 fully saturated rings. The predicted octanol–water partition coefficient (Wildman–Crippen LogP) is 4.50. The Bertz CT molecular complexity index is 1270. The van der Waals surface area contributed by atoms with Gasteiger partial charge < -0.3 is 14.4 Å². The van der Waals surface area contributed by atoms with Crippen molar-refractivity contribution in [2.45, 2.75) is 12.1 Å². The zero-order valence-electron chi connectivity index (χ0n) is 16.8. The zero-order valence-corrected chi connectivity index (χ0v) is 16.8. The normalized spacial score (nSPS) is 12.9. The molecule has 7 nitrogen and oxygen atoms in total. The molecular formula is C24H19FN2O5. The van der Waals surface area contributed by atoms with E-state index < -0.39 is 28.9 Å². The van der Waals surface area contributed by atoms with Crippen LogP contribution in [0.5, 0.6) is 0 Å². The Kier molecular flexibility index (Phi) is 5.96. The molecule has 1 aromatic heterocycles. The maximum Gasteiger partial charge on any atom is 0.338 e. The summed E-state index contributed by atoms with van der Waals surface area (Å²) in [7, 11) is 0. The molecule has 1 heterocycles. The summed E-state index contributed by atoms with van der Waals surface area (Å²) in [6, 6.07) is 19.6. The summed E-state index contributed by atoms with van der Waals surface area (Å²) in [5.41, 5.74) is 1.33. The Morgan fingerprint density at radius 1 is 1.06 bits per heavy atom. The summed E-state index contributed by atoms with van der Waals surface area (Å²) in [5.74, 6) is -1.17. The topological polar surface area (TPSA) is 94.6 Å². The molecule has 0 saturated carbocycles. The minimum Gasteiger partial charge on any atom is -0.459 e. The van der Waals surface area contributed by atoms with E-state index in [1.54, 1.807) is 18.3 Å². The molecule has 8 heteroatoms. The number of nitro benzene ring substituents is 1. The number of carbonyl (C=O) groups is 1. The lowest BCUT2D eigenvalue weighted by atomic mass is 10.0. The van der Waals surface area contributed by atoms with Crippen molar-refractivity contribution in [2.24, 2.45) is 0 Å². The number of halogens is 1. The van der Waals surface area contributed by atoms with Crippen molar-refractivity contribution < 1.29 is 24.0 Å². The van der Waals surface area contributed by atoms with E-state index in [4.69, 9.17) is 4.74 Å². The van der Waals surface area contributed by atoms with Crippen LogP contribution < -0.4 is 0 Å². The van der Waals surface area contributed by atoms with Crippen LogP contribution in [0, 0.1) is 15.9 Å². The van der Waals surface area contributed by atoms with E-state index in [2.05, 4.69) is 0 Å². The number of nitrogens with zero attached hydrogens (tertiary/aromatic N) is 2. The molecule has 0 saturated heterocycles. The molecule has 0 aliphatic rings. The number of carbonyl (C=O) groups excluding carboxylic acids is 1. The minimum absolute atomic E-state index is 0.122. The predicted molar refractivity (Wildman–Crippen MR) is 116 cm³/mol. The molecule has 0 spiro atoms. The van der Waals surface area contributed by atoms with E-state index in [9.17, 15) is 24.4 Å². The Morgan fingerprint density at radius 2 is 1.81 bits per heavy atom. The van der Waals surface area contributed by atoms with Crippen LogP contribution in [0.2, 0.25) is 0 Å². The molecule has 2 atom stereocenters. The van der Waals surface area contributed by atoms with Crippen LogP contribution in [0.3, 0.4) is 0 Å². The van der Waals surface area contributed by atoms with Gasteiger partial charge in [-0.2, -0.15) is 0 Å². The molecule has 1 N–H and O–H groups in total. The molecule has 0 amide bonds. The maximum absolute atomic E-state index is 13.9. The third-order valence-corrected chi connectivity index (χ3v) is 5.18. The van der Waals surface area contributed by atoms with Gasteiger partial charge in [-0.15, -0.1) is 0 Å². The van der Waals surface area contributed by atoms with Gasteiger partial charge in [0.2, 0.25) is 0 Å². The van der Waals surface area contributed by atoms with Crippen molar-refractivity contribution in [1.82, 2.24) is 4.57 Å². The SMILES string of the molecule is O=C(OC[C@H](O)[C@H](c1cccc(F)c1)n1ccc2ccccc21)c1ccc([N+](=O)[O-])cc1. The maximum atomic E-state index is 13.9. The monoisotopic (exact) mass is 434 g/mol. The van der Waals surface area contributed by atoms with Crippen LogP contribution >= 0.6 is 0 Å². The van der Waals surface area contributed by atoms with Gasteiger partial charge in [-0.05, 0) is 47.3 Å². The Morgan fingerprint density at radius 3 is 2.53 bits per heavy atom. The number of aromatic nitrogens is 1. The highest BCUT2D eigenvalue weighted by atomic mass is 19.1. The van der Waals surface area contributed by atoms with Gasteiger partial charge in [-0.1, -0.05) is 30.3 Å². The number of aliphatic hydroxyl groups excluding tert-OH is 1. The first kappa shape index (κ1) is 21.2. The molecule has 3 aromatic carbocycles. The number of benzene rings is 3. The smallest absolute Gasteiger partial charge is 0.338 e. The molecule has 162 valence electrons. The Hall–Kier alpha value is -4.04. The van der Waals surface area contributed by atoms with Gasteiger partial charge in [0.1, 0.15) is 18.5 Å². The number of hydrogen-bond donors (Lipinski definition) is 1. The second kappa shape index (κ2) is 8.99. The third-order valence-electron chi connectivity index (χ3n) is 5.18. The van der Waals surface area contributed by atoms with E-state index in [1.807, 2.05) is 34.9 Å². The van der Waals surface area contributed by atoms with Gasteiger partial charge in [0.05, 0.1) is 16.5 Å². The third kappa shape index (κ3) is 4.35. The molecule has 4 aromatic rings. The fourth-order valence-corrected chi connectivity index (χ4v) is 3.66. The fraction of sp³-hybridized carbons (Fsp3) is 0.125. The first-order valence-electron chi connectivity index (χ1n) is 9.85. The number of aliphatic hydroxyl groups is 1. The highest BCUT2D eigenvalue weighted by Gasteiger charge is 2.26. The second-order valence-corrected chi connectivity index (χ2v) is 7.25. The molecule has 0 aliphatic heterocycles. The lowest BCUT2D eigenvalue weighted by Gasteiger charge is -2.26. The molecule has 0 unspecified atom stereocenters. The van der Waals surface area contributed by atoms with E-state index in [0.29, 0.717) is 5.56 Å². The number of nitro groups is 1. The summed E-state index contributed by atoms with van der Waals surface area (Å²) >= 11 is 0. The molecule has 0 bridgehead atoms. The molecular weight excluding hydrogens is 415 g/mol. The van der Waals surface area contributed by atoms with Crippen molar-refractivity contribution in [3.8, 4) is 0 Å². The molecule has 0 aliphatic carbocycles. The van der Waals surface area contributed by atoms with Gasteiger partial charge in [0.25, 0.3) is 5.69 Å². The van der Waals surface area contributed by atoms with Gasteiger partial charge in [-0.3, -0.25) is 10.1 Å². The van der Waals surface area contributed by atoms with E-state index in [0.717, 1.165) is 10.9 Å². The standard InChI is InChI=1S/C24H19FN2O5/c25-19-6-3-5-18(14-19)23(26-13-12-16-4-1-2-7-21(16)26)22(28)15-32-24(29)17-8-10-20(11-9-17)27(30)31/h1-14,22-23,28H,15H2/t22-,23-/m0/s1. The van der Waals surface area contributed by atoms with Gasteiger partial charge in [-0.25, -0.2) is 9.18 Å². The van der Waals surface area contributed by atoms with Gasteiger partial charge >= 0.3 is 5.97 Å². The lowest BCUT2D eigenvalue weighted by molar-refractivity contribution is -0.384. The number of rotatable bonds is 7. The fourth-order valence-electron chi connectivity index (χ4n) is 3.66. The number of fused-ring (bicyclic) bond motifs is 1. The summed E-state index contributed by atoms with van der Waals surface area (Å²) < 4.78 is 21.0. The minimum atomic E-state index is -1.19. The average Bonchev–Trinajstić information content (AvgIpc) is 3.21. The summed E-state index contributed by atoms with van der Waals surface area (Å²) in [4.78, 5) is 22.6. The van der Waals surface area contributed by atoms with Gasteiger partial charge in [0.15, 0.2) is 0 Å². The molecule has 0 radical (unpaired) electrons. The summed E-state index contributed by atoms with van der Waals surface area (Å²) in [5, 5.41) is 22.7. The summed E-state index contributed by atoms with van der Waals surface area (Å²) in [6.45, 7) is -0.358. The summed E-state index contributed by atoms with van der Waals surface area (Å²) in [6.07, 6.45) is 0.608. The first-order valence-corrected chi connectivity index (χ1v) is 9.85. The number of para-hydroxylation sites is 1. The highest BCUT2D eigenvalue weighted by Crippen LogP contribution is 2.29. The number of non-ortho nitro benzene ring substituents is 1. The van der Waals surface area contributed by atoms with Gasteiger partial charge in [0, 0.05) is 23.8 Å². The highest BCUT2D eigenvalue weighted by molar-refractivity contribution is 5.89. The van der Waals surface area contributed by atoms with E-state index in [1.165, 1.54) is 36.4 Å². The zero-order chi connectivity index (χ0) is 22.7. The second-order valence-electron chi connectivity index (χ2n) is 7.25. The molecule has 32 heavy (non-hydrogen) atoms. The Balaban J connectivity index is 1.58. The quantitative estimate of drug-likeness (QED) is 0.263. The van der Waals surface area contributed by atoms with Crippen LogP contribution in [0.15, 0.2) is 85.1 Å². The van der Waals surface area contributed by atoms with Crippen molar-refractivity contribution in [2.75, 3.05) is 6.61 Å².